The van der Waals surface area contributed by atoms with Crippen molar-refractivity contribution in [3.8, 4) is 0 Å². The van der Waals surface area contributed by atoms with Crippen molar-refractivity contribution in [1.82, 2.24) is 10.2 Å². The van der Waals surface area contributed by atoms with Crippen LogP contribution in [0.3, 0.4) is 0 Å². The van der Waals surface area contributed by atoms with Gasteiger partial charge in [-0.15, -0.1) is 0 Å². The van der Waals surface area contributed by atoms with Crippen molar-refractivity contribution < 1.29 is 0 Å². The molecule has 0 spiro atoms. The van der Waals surface area contributed by atoms with Gasteiger partial charge in [0, 0.05) is 12.6 Å². The Labute approximate surface area is 88.1 Å². The van der Waals surface area contributed by atoms with Crippen LogP contribution in [0.2, 0.25) is 0 Å². The van der Waals surface area contributed by atoms with Crippen LogP contribution >= 0.6 is 0 Å². The molecule has 2 aliphatic heterocycles. The third-order valence-electron chi connectivity index (χ3n) is 4.10. The largest absolute Gasteiger partial charge is 0.317 e. The van der Waals surface area contributed by atoms with Crippen LogP contribution in [0.25, 0.3) is 0 Å². The third kappa shape index (κ3) is 2.29. The quantitative estimate of drug-likeness (QED) is 0.723. The van der Waals surface area contributed by atoms with Crippen molar-refractivity contribution in [2.75, 3.05) is 26.2 Å². The van der Waals surface area contributed by atoms with Gasteiger partial charge in [0.25, 0.3) is 0 Å². The summed E-state index contributed by atoms with van der Waals surface area (Å²) in [7, 11) is 0. The van der Waals surface area contributed by atoms with Crippen LogP contribution in [0.15, 0.2) is 0 Å². The van der Waals surface area contributed by atoms with Gasteiger partial charge >= 0.3 is 0 Å². The standard InChI is InChI=1S/C12H24N2/c1-10-5-8-14(9-10)11(2)12-3-6-13-7-4-12/h10-13H,3-9H2,1-2H3. The summed E-state index contributed by atoms with van der Waals surface area (Å²) in [6.07, 6.45) is 4.17. The Hall–Kier alpha value is -0.0800. The molecule has 14 heavy (non-hydrogen) atoms. The van der Waals surface area contributed by atoms with E-state index in [1.165, 1.54) is 45.4 Å². The fraction of sp³-hybridized carbons (Fsp3) is 1.00. The van der Waals surface area contributed by atoms with Gasteiger partial charge in [0.15, 0.2) is 0 Å². The Kier molecular flexibility index (Phi) is 3.45. The number of nitrogens with zero attached hydrogens (tertiary/aromatic N) is 1. The average molecular weight is 196 g/mol. The minimum Gasteiger partial charge on any atom is -0.317 e. The molecule has 0 aromatic carbocycles. The van der Waals surface area contributed by atoms with Crippen molar-refractivity contribution in [1.29, 1.82) is 0 Å². The van der Waals surface area contributed by atoms with Crippen LogP contribution in [0.4, 0.5) is 0 Å². The van der Waals surface area contributed by atoms with E-state index in [2.05, 4.69) is 24.1 Å². The molecule has 0 saturated carbocycles. The highest BCUT2D eigenvalue weighted by Gasteiger charge is 2.28. The van der Waals surface area contributed by atoms with E-state index in [-0.39, 0.29) is 0 Å². The molecule has 0 radical (unpaired) electrons. The van der Waals surface area contributed by atoms with Crippen molar-refractivity contribution >= 4 is 0 Å². The summed E-state index contributed by atoms with van der Waals surface area (Å²) < 4.78 is 0. The zero-order valence-electron chi connectivity index (χ0n) is 9.63. The number of hydrogen-bond donors (Lipinski definition) is 1. The first kappa shape index (κ1) is 10.4. The lowest BCUT2D eigenvalue weighted by Gasteiger charge is -2.34. The Morgan fingerprint density at radius 1 is 1.21 bits per heavy atom. The van der Waals surface area contributed by atoms with Crippen LogP contribution in [-0.4, -0.2) is 37.1 Å². The molecule has 2 aliphatic rings. The predicted molar refractivity (Wildman–Crippen MR) is 60.4 cm³/mol. The lowest BCUT2D eigenvalue weighted by molar-refractivity contribution is 0.158. The maximum absolute atomic E-state index is 3.45. The summed E-state index contributed by atoms with van der Waals surface area (Å²) in [4.78, 5) is 2.71. The second-order valence-electron chi connectivity index (χ2n) is 5.22. The molecule has 2 nitrogen and oxygen atoms in total. The predicted octanol–water partition coefficient (Wildman–Crippen LogP) is 1.72. The molecule has 0 bridgehead atoms. The second kappa shape index (κ2) is 4.63. The Morgan fingerprint density at radius 2 is 1.93 bits per heavy atom. The normalized spacial score (nSPS) is 33.4. The highest BCUT2D eigenvalue weighted by atomic mass is 15.2. The Balaban J connectivity index is 1.84. The summed E-state index contributed by atoms with van der Waals surface area (Å²) >= 11 is 0. The molecule has 2 heterocycles. The lowest BCUT2D eigenvalue weighted by Crippen LogP contribution is -2.41. The maximum atomic E-state index is 3.45. The molecule has 0 aromatic rings. The lowest BCUT2D eigenvalue weighted by atomic mass is 9.90. The number of rotatable bonds is 2. The zero-order valence-corrected chi connectivity index (χ0v) is 9.63. The van der Waals surface area contributed by atoms with E-state index in [9.17, 15) is 0 Å². The average Bonchev–Trinajstić information content (AvgIpc) is 2.65. The SMILES string of the molecule is CC1CCN(C(C)C2CCNCC2)C1. The van der Waals surface area contributed by atoms with Gasteiger partial charge in [0.1, 0.15) is 0 Å². The van der Waals surface area contributed by atoms with Crippen LogP contribution < -0.4 is 5.32 Å². The molecular formula is C12H24N2. The second-order valence-corrected chi connectivity index (χ2v) is 5.22. The molecule has 0 amide bonds. The zero-order chi connectivity index (χ0) is 9.97. The first-order valence-corrected chi connectivity index (χ1v) is 6.22. The van der Waals surface area contributed by atoms with Crippen molar-refractivity contribution in [3.63, 3.8) is 0 Å². The van der Waals surface area contributed by atoms with Crippen LogP contribution in [-0.2, 0) is 0 Å². The molecule has 82 valence electrons. The Bertz CT molecular complexity index is 170. The van der Waals surface area contributed by atoms with Gasteiger partial charge in [0.2, 0.25) is 0 Å². The van der Waals surface area contributed by atoms with Gasteiger partial charge in [-0.25, -0.2) is 0 Å². The smallest absolute Gasteiger partial charge is 0.00962 e. The van der Waals surface area contributed by atoms with E-state index < -0.39 is 0 Å². The van der Waals surface area contributed by atoms with E-state index in [0.717, 1.165) is 17.9 Å². The summed E-state index contributed by atoms with van der Waals surface area (Å²) in [5.74, 6) is 1.88. The van der Waals surface area contributed by atoms with E-state index in [4.69, 9.17) is 0 Å². The first-order valence-electron chi connectivity index (χ1n) is 6.22. The van der Waals surface area contributed by atoms with Crippen LogP contribution in [0.1, 0.15) is 33.1 Å². The van der Waals surface area contributed by atoms with E-state index in [1.54, 1.807) is 0 Å². The van der Waals surface area contributed by atoms with Gasteiger partial charge in [-0.05, 0) is 57.7 Å². The van der Waals surface area contributed by atoms with Gasteiger partial charge in [-0.1, -0.05) is 6.92 Å². The highest BCUT2D eigenvalue weighted by molar-refractivity contribution is 4.84. The van der Waals surface area contributed by atoms with Gasteiger partial charge in [-0.2, -0.15) is 0 Å². The topological polar surface area (TPSA) is 15.3 Å². The molecule has 2 rings (SSSR count). The van der Waals surface area contributed by atoms with E-state index >= 15 is 0 Å². The Morgan fingerprint density at radius 3 is 2.50 bits per heavy atom. The molecule has 2 unspecified atom stereocenters. The summed E-state index contributed by atoms with van der Waals surface area (Å²) in [5.41, 5.74) is 0. The molecule has 1 N–H and O–H groups in total. The maximum Gasteiger partial charge on any atom is 0.00962 e. The van der Waals surface area contributed by atoms with Crippen molar-refractivity contribution in [3.05, 3.63) is 0 Å². The highest BCUT2D eigenvalue weighted by Crippen LogP contribution is 2.25. The monoisotopic (exact) mass is 196 g/mol. The van der Waals surface area contributed by atoms with Gasteiger partial charge in [0.05, 0.1) is 0 Å². The number of likely N-dealkylation sites (tertiary alicyclic amines) is 1. The summed E-state index contributed by atoms with van der Waals surface area (Å²) in [6.45, 7) is 9.97. The van der Waals surface area contributed by atoms with Gasteiger partial charge < -0.3 is 10.2 Å². The van der Waals surface area contributed by atoms with Crippen LogP contribution in [0.5, 0.6) is 0 Å². The fourth-order valence-corrected chi connectivity index (χ4v) is 2.96. The molecule has 2 fully saturated rings. The number of piperidine rings is 1. The molecular weight excluding hydrogens is 172 g/mol. The molecule has 2 saturated heterocycles. The third-order valence-corrected chi connectivity index (χ3v) is 4.10. The number of nitrogens with one attached hydrogen (secondary N) is 1. The van der Waals surface area contributed by atoms with E-state index in [1.807, 2.05) is 0 Å². The van der Waals surface area contributed by atoms with Crippen LogP contribution in [0, 0.1) is 11.8 Å². The molecule has 2 heteroatoms. The summed E-state index contributed by atoms with van der Waals surface area (Å²) in [6, 6.07) is 0.821. The fourth-order valence-electron chi connectivity index (χ4n) is 2.96. The first-order chi connectivity index (χ1) is 6.77. The van der Waals surface area contributed by atoms with E-state index in [0.29, 0.717) is 0 Å². The number of hydrogen-bond acceptors (Lipinski definition) is 2. The molecule has 0 aliphatic carbocycles. The minimum atomic E-state index is 0.821. The van der Waals surface area contributed by atoms with Gasteiger partial charge in [-0.3, -0.25) is 0 Å². The minimum absolute atomic E-state index is 0.821. The molecule has 2 atom stereocenters. The summed E-state index contributed by atoms with van der Waals surface area (Å²) in [5, 5.41) is 3.45. The van der Waals surface area contributed by atoms with Crippen molar-refractivity contribution in [2.24, 2.45) is 11.8 Å². The molecule has 0 aromatic heterocycles. The van der Waals surface area contributed by atoms with Crippen molar-refractivity contribution in [2.45, 2.75) is 39.2 Å².